The lowest BCUT2D eigenvalue weighted by molar-refractivity contribution is 0.174. The molecule has 0 saturated heterocycles. The minimum atomic E-state index is 0.301. The first-order chi connectivity index (χ1) is 9.22. The molecule has 3 nitrogen and oxygen atoms in total. The van der Waals surface area contributed by atoms with Gasteiger partial charge in [0, 0.05) is 16.3 Å². The highest BCUT2D eigenvalue weighted by atomic mass is 35.5. The average molecular weight is 294 g/mol. The van der Waals surface area contributed by atoms with E-state index in [9.17, 15) is 0 Å². The largest absolute Gasteiger partial charge is 0.454 e. The molecule has 19 heavy (non-hydrogen) atoms. The molecule has 0 fully saturated rings. The maximum absolute atomic E-state index is 6.14. The van der Waals surface area contributed by atoms with Crippen molar-refractivity contribution in [2.75, 3.05) is 12.5 Å². The summed E-state index contributed by atoms with van der Waals surface area (Å²) in [6.45, 7) is 0.301. The van der Waals surface area contributed by atoms with Gasteiger partial charge in [0.15, 0.2) is 11.5 Å². The van der Waals surface area contributed by atoms with Gasteiger partial charge in [0.25, 0.3) is 0 Å². The Kier molecular flexibility index (Phi) is 3.44. The Balaban J connectivity index is 1.72. The van der Waals surface area contributed by atoms with Crippen LogP contribution in [0.2, 0.25) is 5.02 Å². The van der Waals surface area contributed by atoms with Crippen molar-refractivity contribution in [2.45, 2.75) is 10.6 Å². The predicted octanol–water partition coefficient (Wildman–Crippen LogP) is 3.94. The summed E-state index contributed by atoms with van der Waals surface area (Å²) >= 11 is 7.81. The summed E-state index contributed by atoms with van der Waals surface area (Å²) in [6.07, 6.45) is 0. The smallest absolute Gasteiger partial charge is 0.231 e. The van der Waals surface area contributed by atoms with E-state index >= 15 is 0 Å². The zero-order valence-electron chi connectivity index (χ0n) is 10.1. The van der Waals surface area contributed by atoms with E-state index in [2.05, 4.69) is 0 Å². The van der Waals surface area contributed by atoms with Crippen LogP contribution in [-0.4, -0.2) is 6.79 Å². The summed E-state index contributed by atoms with van der Waals surface area (Å²) in [7, 11) is 0. The van der Waals surface area contributed by atoms with Crippen molar-refractivity contribution in [3.8, 4) is 11.5 Å². The molecular formula is C14H12ClNO2S. The van der Waals surface area contributed by atoms with Crippen LogP contribution in [0, 0.1) is 0 Å². The van der Waals surface area contributed by atoms with Crippen LogP contribution in [0.1, 0.15) is 5.56 Å². The van der Waals surface area contributed by atoms with Crippen molar-refractivity contribution in [2.24, 2.45) is 0 Å². The van der Waals surface area contributed by atoms with E-state index in [0.717, 1.165) is 22.1 Å². The van der Waals surface area contributed by atoms with Gasteiger partial charge in [-0.05, 0) is 35.9 Å². The van der Waals surface area contributed by atoms with Gasteiger partial charge in [-0.25, -0.2) is 0 Å². The Labute approximate surface area is 120 Å². The molecule has 2 aromatic carbocycles. The monoisotopic (exact) mass is 293 g/mol. The van der Waals surface area contributed by atoms with Crippen LogP contribution in [0.3, 0.4) is 0 Å². The van der Waals surface area contributed by atoms with E-state index in [0.29, 0.717) is 17.5 Å². The van der Waals surface area contributed by atoms with Gasteiger partial charge in [-0.2, -0.15) is 0 Å². The number of rotatable bonds is 3. The van der Waals surface area contributed by atoms with Gasteiger partial charge in [0.2, 0.25) is 6.79 Å². The van der Waals surface area contributed by atoms with Crippen LogP contribution in [-0.2, 0) is 5.75 Å². The van der Waals surface area contributed by atoms with Crippen molar-refractivity contribution in [1.29, 1.82) is 0 Å². The molecule has 0 aromatic heterocycles. The zero-order chi connectivity index (χ0) is 13.2. The molecule has 0 unspecified atom stereocenters. The molecule has 0 radical (unpaired) electrons. The van der Waals surface area contributed by atoms with Gasteiger partial charge in [0.05, 0.1) is 5.02 Å². The Morgan fingerprint density at radius 3 is 2.79 bits per heavy atom. The second-order valence-electron chi connectivity index (χ2n) is 4.17. The van der Waals surface area contributed by atoms with E-state index in [4.69, 9.17) is 26.8 Å². The number of nitrogen functional groups attached to an aromatic ring is 1. The SMILES string of the molecule is Nc1ccc(SCc2ccc3c(c2)OCO3)c(Cl)c1. The number of ether oxygens (including phenoxy) is 2. The highest BCUT2D eigenvalue weighted by Crippen LogP contribution is 2.36. The topological polar surface area (TPSA) is 44.5 Å². The molecule has 1 heterocycles. The molecule has 0 bridgehead atoms. The van der Waals surface area contributed by atoms with E-state index in [1.807, 2.05) is 30.3 Å². The number of thioether (sulfide) groups is 1. The van der Waals surface area contributed by atoms with Gasteiger partial charge in [-0.15, -0.1) is 11.8 Å². The number of anilines is 1. The lowest BCUT2D eigenvalue weighted by Gasteiger charge is -2.06. The number of hydrogen-bond acceptors (Lipinski definition) is 4. The van der Waals surface area contributed by atoms with Crippen LogP contribution < -0.4 is 15.2 Å². The molecule has 0 atom stereocenters. The van der Waals surface area contributed by atoms with E-state index < -0.39 is 0 Å². The Morgan fingerprint density at radius 2 is 1.95 bits per heavy atom. The summed E-state index contributed by atoms with van der Waals surface area (Å²) in [4.78, 5) is 1.02. The van der Waals surface area contributed by atoms with Crippen molar-refractivity contribution in [3.05, 3.63) is 47.0 Å². The van der Waals surface area contributed by atoms with Gasteiger partial charge >= 0.3 is 0 Å². The molecule has 3 rings (SSSR count). The summed E-state index contributed by atoms with van der Waals surface area (Å²) in [5.74, 6) is 2.43. The minimum Gasteiger partial charge on any atom is -0.454 e. The molecular weight excluding hydrogens is 282 g/mol. The third kappa shape index (κ3) is 2.74. The van der Waals surface area contributed by atoms with Crippen molar-refractivity contribution in [3.63, 3.8) is 0 Å². The second-order valence-corrected chi connectivity index (χ2v) is 5.59. The third-order valence-electron chi connectivity index (χ3n) is 2.79. The van der Waals surface area contributed by atoms with Crippen molar-refractivity contribution < 1.29 is 9.47 Å². The first-order valence-electron chi connectivity index (χ1n) is 5.79. The molecule has 2 aromatic rings. The first kappa shape index (κ1) is 12.5. The van der Waals surface area contributed by atoms with Crippen LogP contribution in [0.25, 0.3) is 0 Å². The minimum absolute atomic E-state index is 0.301. The summed E-state index contributed by atoms with van der Waals surface area (Å²) in [6, 6.07) is 11.5. The molecule has 98 valence electrons. The summed E-state index contributed by atoms with van der Waals surface area (Å²) < 4.78 is 10.6. The predicted molar refractivity (Wildman–Crippen MR) is 78.0 cm³/mol. The molecule has 5 heteroatoms. The fourth-order valence-corrected chi connectivity index (χ4v) is 3.04. The average Bonchev–Trinajstić information content (AvgIpc) is 2.85. The Hall–Kier alpha value is -1.52. The Bertz CT molecular complexity index is 618. The van der Waals surface area contributed by atoms with E-state index in [1.54, 1.807) is 17.8 Å². The molecule has 1 aliphatic heterocycles. The Morgan fingerprint density at radius 1 is 1.11 bits per heavy atom. The molecule has 0 aliphatic carbocycles. The molecule has 2 N–H and O–H groups in total. The molecule has 0 spiro atoms. The van der Waals surface area contributed by atoms with Crippen LogP contribution >= 0.6 is 23.4 Å². The standard InChI is InChI=1S/C14H12ClNO2S/c15-11-6-10(16)2-4-14(11)19-7-9-1-3-12-13(5-9)18-8-17-12/h1-6H,7-8,16H2. The highest BCUT2D eigenvalue weighted by Gasteiger charge is 2.13. The van der Waals surface area contributed by atoms with Gasteiger partial charge in [0.1, 0.15) is 0 Å². The molecule has 1 aliphatic rings. The number of nitrogens with two attached hydrogens (primary N) is 1. The summed E-state index contributed by atoms with van der Waals surface area (Å²) in [5.41, 5.74) is 7.52. The van der Waals surface area contributed by atoms with Crippen LogP contribution in [0.15, 0.2) is 41.3 Å². The number of fused-ring (bicyclic) bond motifs is 1. The fraction of sp³-hybridized carbons (Fsp3) is 0.143. The van der Waals surface area contributed by atoms with E-state index in [1.165, 1.54) is 5.56 Å². The molecule has 0 saturated carbocycles. The van der Waals surface area contributed by atoms with Gasteiger partial charge in [-0.1, -0.05) is 17.7 Å². The normalized spacial score (nSPS) is 12.7. The number of hydrogen-bond donors (Lipinski definition) is 1. The quantitative estimate of drug-likeness (QED) is 0.687. The number of benzene rings is 2. The van der Waals surface area contributed by atoms with Gasteiger partial charge in [-0.3, -0.25) is 0 Å². The second kappa shape index (κ2) is 5.23. The van der Waals surface area contributed by atoms with Crippen LogP contribution in [0.4, 0.5) is 5.69 Å². The molecule has 0 amide bonds. The number of halogens is 1. The lowest BCUT2D eigenvalue weighted by Crippen LogP contribution is -1.92. The van der Waals surface area contributed by atoms with Gasteiger partial charge < -0.3 is 15.2 Å². The maximum Gasteiger partial charge on any atom is 0.231 e. The first-order valence-corrected chi connectivity index (χ1v) is 7.15. The highest BCUT2D eigenvalue weighted by molar-refractivity contribution is 7.98. The van der Waals surface area contributed by atoms with Crippen molar-refractivity contribution >= 4 is 29.1 Å². The lowest BCUT2D eigenvalue weighted by atomic mass is 10.2. The summed E-state index contributed by atoms with van der Waals surface area (Å²) in [5, 5.41) is 0.686. The zero-order valence-corrected chi connectivity index (χ0v) is 11.6. The van der Waals surface area contributed by atoms with Crippen LogP contribution in [0.5, 0.6) is 11.5 Å². The third-order valence-corrected chi connectivity index (χ3v) is 4.36. The maximum atomic E-state index is 6.14. The fourth-order valence-electron chi connectivity index (χ4n) is 1.83. The van der Waals surface area contributed by atoms with E-state index in [-0.39, 0.29) is 0 Å². The van der Waals surface area contributed by atoms with Crippen molar-refractivity contribution in [1.82, 2.24) is 0 Å².